The standard InChI is InChI=1S/C19H20N4O2/c1-11-2-5-15-13(8-11)14(9-16(21-15)12-3-4-12)19-22-18(23-25-19)17-10-24-7-6-20-17/h2,5,8-9,12,17,20H,3-4,6-7,10H2,1H3/t17-/m1/s1. The molecule has 2 fully saturated rings. The Bertz CT molecular complexity index is 926. The van der Waals surface area contributed by atoms with Crippen LogP contribution in [0.3, 0.4) is 0 Å². The SMILES string of the molecule is Cc1ccc2nc(C3CC3)cc(-c3nc([C@H]4COCCN4)no3)c2c1. The van der Waals surface area contributed by atoms with Crippen molar-refractivity contribution in [3.05, 3.63) is 41.3 Å². The lowest BCUT2D eigenvalue weighted by atomic mass is 10.0. The highest BCUT2D eigenvalue weighted by Crippen LogP contribution is 2.41. The number of aromatic nitrogens is 3. The second kappa shape index (κ2) is 5.89. The summed E-state index contributed by atoms with van der Waals surface area (Å²) in [4.78, 5) is 9.50. The van der Waals surface area contributed by atoms with E-state index in [1.807, 2.05) is 0 Å². The Morgan fingerprint density at radius 3 is 2.88 bits per heavy atom. The first kappa shape index (κ1) is 15.0. The van der Waals surface area contributed by atoms with Gasteiger partial charge in [0.05, 0.1) is 30.3 Å². The highest BCUT2D eigenvalue weighted by molar-refractivity contribution is 5.93. The van der Waals surface area contributed by atoms with Crippen LogP contribution in [0.1, 0.15) is 41.9 Å². The minimum atomic E-state index is -0.0102. The number of ether oxygens (including phenoxy) is 1. The third kappa shape index (κ3) is 2.81. The summed E-state index contributed by atoms with van der Waals surface area (Å²) < 4.78 is 11.1. The van der Waals surface area contributed by atoms with Gasteiger partial charge in [-0.2, -0.15) is 4.98 Å². The summed E-state index contributed by atoms with van der Waals surface area (Å²) >= 11 is 0. The van der Waals surface area contributed by atoms with Gasteiger partial charge in [0, 0.05) is 23.5 Å². The number of nitrogens with zero attached hydrogens (tertiary/aromatic N) is 3. The van der Waals surface area contributed by atoms with E-state index in [0.717, 1.165) is 35.3 Å². The van der Waals surface area contributed by atoms with Gasteiger partial charge in [0.1, 0.15) is 0 Å². The number of nitrogens with one attached hydrogen (secondary N) is 1. The summed E-state index contributed by atoms with van der Waals surface area (Å²) in [6.45, 7) is 4.18. The largest absolute Gasteiger partial charge is 0.378 e. The van der Waals surface area contributed by atoms with Gasteiger partial charge in [-0.05, 0) is 38.0 Å². The van der Waals surface area contributed by atoms with Crippen molar-refractivity contribution in [2.75, 3.05) is 19.8 Å². The smallest absolute Gasteiger partial charge is 0.258 e. The topological polar surface area (TPSA) is 73.1 Å². The third-order valence-electron chi connectivity index (χ3n) is 4.89. The van der Waals surface area contributed by atoms with Crippen molar-refractivity contribution < 1.29 is 9.26 Å². The first-order valence-electron chi connectivity index (χ1n) is 8.84. The third-order valence-corrected chi connectivity index (χ3v) is 4.89. The van der Waals surface area contributed by atoms with Crippen LogP contribution in [0.15, 0.2) is 28.8 Å². The van der Waals surface area contributed by atoms with Crippen molar-refractivity contribution in [1.29, 1.82) is 0 Å². The average molecular weight is 336 g/mol. The van der Waals surface area contributed by atoms with Gasteiger partial charge in [-0.15, -0.1) is 0 Å². The van der Waals surface area contributed by atoms with Gasteiger partial charge in [-0.1, -0.05) is 16.8 Å². The highest BCUT2D eigenvalue weighted by Gasteiger charge is 2.28. The maximum atomic E-state index is 5.62. The maximum Gasteiger partial charge on any atom is 0.258 e. The van der Waals surface area contributed by atoms with Crippen LogP contribution in [-0.2, 0) is 4.74 Å². The summed E-state index contributed by atoms with van der Waals surface area (Å²) in [6.07, 6.45) is 2.42. The van der Waals surface area contributed by atoms with Gasteiger partial charge < -0.3 is 14.6 Å². The fourth-order valence-corrected chi connectivity index (χ4v) is 3.34. The average Bonchev–Trinajstić information content (AvgIpc) is 3.38. The van der Waals surface area contributed by atoms with Crippen molar-refractivity contribution in [2.45, 2.75) is 31.7 Å². The molecular formula is C19H20N4O2. The van der Waals surface area contributed by atoms with Crippen LogP contribution in [0.5, 0.6) is 0 Å². The van der Waals surface area contributed by atoms with Crippen molar-refractivity contribution in [3.8, 4) is 11.5 Å². The molecule has 3 heterocycles. The number of hydrogen-bond donors (Lipinski definition) is 1. The predicted molar refractivity (Wildman–Crippen MR) is 93.3 cm³/mol. The quantitative estimate of drug-likeness (QED) is 0.792. The van der Waals surface area contributed by atoms with E-state index in [9.17, 15) is 0 Å². The van der Waals surface area contributed by atoms with E-state index in [0.29, 0.717) is 24.2 Å². The van der Waals surface area contributed by atoms with Crippen LogP contribution in [0.25, 0.3) is 22.4 Å². The van der Waals surface area contributed by atoms with E-state index in [1.165, 1.54) is 18.4 Å². The van der Waals surface area contributed by atoms with Crippen LogP contribution in [0, 0.1) is 6.92 Å². The van der Waals surface area contributed by atoms with Crippen LogP contribution in [0.2, 0.25) is 0 Å². The van der Waals surface area contributed by atoms with Gasteiger partial charge in [0.15, 0.2) is 5.82 Å². The molecule has 1 saturated carbocycles. The zero-order valence-electron chi connectivity index (χ0n) is 14.2. The van der Waals surface area contributed by atoms with Gasteiger partial charge >= 0.3 is 0 Å². The molecule has 1 N–H and O–H groups in total. The van der Waals surface area contributed by atoms with Gasteiger partial charge in [0.2, 0.25) is 0 Å². The van der Waals surface area contributed by atoms with Crippen LogP contribution in [-0.4, -0.2) is 34.9 Å². The van der Waals surface area contributed by atoms with E-state index >= 15 is 0 Å². The van der Waals surface area contributed by atoms with E-state index in [-0.39, 0.29) is 6.04 Å². The first-order valence-corrected chi connectivity index (χ1v) is 8.84. The first-order chi connectivity index (χ1) is 12.3. The Kier molecular flexibility index (Phi) is 3.53. The van der Waals surface area contributed by atoms with Crippen LogP contribution in [0.4, 0.5) is 0 Å². The minimum Gasteiger partial charge on any atom is -0.378 e. The number of morpholine rings is 1. The van der Waals surface area contributed by atoms with E-state index in [1.54, 1.807) is 0 Å². The Labute approximate surface area is 145 Å². The second-order valence-electron chi connectivity index (χ2n) is 6.93. The molecule has 0 spiro atoms. The molecule has 3 aromatic rings. The summed E-state index contributed by atoms with van der Waals surface area (Å²) in [5.74, 6) is 1.78. The van der Waals surface area contributed by atoms with Crippen molar-refractivity contribution in [2.24, 2.45) is 0 Å². The zero-order valence-corrected chi connectivity index (χ0v) is 14.2. The molecule has 2 aromatic heterocycles. The van der Waals surface area contributed by atoms with Crippen LogP contribution >= 0.6 is 0 Å². The Hall–Kier alpha value is -2.31. The van der Waals surface area contributed by atoms with Crippen molar-refractivity contribution in [1.82, 2.24) is 20.4 Å². The molecule has 2 aliphatic rings. The lowest BCUT2D eigenvalue weighted by Crippen LogP contribution is -2.35. The molecule has 0 amide bonds. The predicted octanol–water partition coefficient (Wildman–Crippen LogP) is 3.13. The molecule has 6 nitrogen and oxygen atoms in total. The molecule has 25 heavy (non-hydrogen) atoms. The van der Waals surface area contributed by atoms with Crippen molar-refractivity contribution >= 4 is 10.9 Å². The van der Waals surface area contributed by atoms with Gasteiger partial charge in [-0.3, -0.25) is 4.98 Å². The summed E-state index contributed by atoms with van der Waals surface area (Å²) in [7, 11) is 0. The van der Waals surface area contributed by atoms with E-state index in [2.05, 4.69) is 46.6 Å². The monoisotopic (exact) mass is 336 g/mol. The molecule has 1 aliphatic heterocycles. The molecule has 0 bridgehead atoms. The Balaban J connectivity index is 1.61. The Morgan fingerprint density at radius 1 is 1.16 bits per heavy atom. The minimum absolute atomic E-state index is 0.0102. The van der Waals surface area contributed by atoms with Crippen molar-refractivity contribution in [3.63, 3.8) is 0 Å². The summed E-state index contributed by atoms with van der Waals surface area (Å²) in [6, 6.07) is 8.43. The van der Waals surface area contributed by atoms with Gasteiger partial charge in [-0.25, -0.2) is 0 Å². The zero-order chi connectivity index (χ0) is 16.8. The number of rotatable bonds is 3. The number of fused-ring (bicyclic) bond motifs is 1. The molecule has 1 aliphatic carbocycles. The molecule has 0 unspecified atom stereocenters. The molecular weight excluding hydrogens is 316 g/mol. The maximum absolute atomic E-state index is 5.62. The number of hydrogen-bond acceptors (Lipinski definition) is 6. The summed E-state index contributed by atoms with van der Waals surface area (Å²) in [5.41, 5.74) is 4.29. The molecule has 1 atom stereocenters. The molecule has 5 rings (SSSR count). The van der Waals surface area contributed by atoms with Crippen LogP contribution < -0.4 is 5.32 Å². The molecule has 1 aromatic carbocycles. The highest BCUT2D eigenvalue weighted by atomic mass is 16.5. The fraction of sp³-hybridized carbons (Fsp3) is 0.421. The van der Waals surface area contributed by atoms with E-state index < -0.39 is 0 Å². The molecule has 0 radical (unpaired) electrons. The lowest BCUT2D eigenvalue weighted by molar-refractivity contribution is 0.0734. The molecule has 1 saturated heterocycles. The fourth-order valence-electron chi connectivity index (χ4n) is 3.34. The second-order valence-corrected chi connectivity index (χ2v) is 6.93. The number of pyridine rings is 1. The normalized spacial score (nSPS) is 20.9. The van der Waals surface area contributed by atoms with Gasteiger partial charge in [0.25, 0.3) is 5.89 Å². The Morgan fingerprint density at radius 2 is 2.08 bits per heavy atom. The number of aryl methyl sites for hydroxylation is 1. The van der Waals surface area contributed by atoms with E-state index in [4.69, 9.17) is 14.2 Å². The molecule has 6 heteroatoms. The molecule has 128 valence electrons. The lowest BCUT2D eigenvalue weighted by Gasteiger charge is -2.20. The number of benzene rings is 1. The summed E-state index contributed by atoms with van der Waals surface area (Å²) in [5, 5.41) is 8.61.